The Balaban J connectivity index is 1.83. The van der Waals surface area contributed by atoms with Crippen LogP contribution in [0.25, 0.3) is 0 Å². The summed E-state index contributed by atoms with van der Waals surface area (Å²) in [6.07, 6.45) is -2.68. The number of amides is 1. The number of nitrogens with zero attached hydrogens (tertiary/aromatic N) is 1. The average Bonchev–Trinajstić information content (AvgIpc) is 2.71. The van der Waals surface area contributed by atoms with Crippen molar-refractivity contribution in [3.63, 3.8) is 0 Å². The third kappa shape index (κ3) is 4.96. The summed E-state index contributed by atoms with van der Waals surface area (Å²) < 4.78 is 44.0. The topological polar surface area (TPSA) is 96.1 Å². The van der Waals surface area contributed by atoms with E-state index < -0.39 is 28.9 Å². The molecule has 0 unspecified atom stereocenters. The quantitative estimate of drug-likeness (QED) is 0.558. The van der Waals surface area contributed by atoms with Crippen molar-refractivity contribution in [3.05, 3.63) is 76.3 Å². The Morgan fingerprint density at radius 2 is 1.93 bits per heavy atom. The Labute approximate surface area is 168 Å². The lowest BCUT2D eigenvalue weighted by Gasteiger charge is -2.12. The van der Waals surface area contributed by atoms with Crippen molar-refractivity contribution >= 4 is 23.1 Å². The lowest BCUT2D eigenvalue weighted by Crippen LogP contribution is -2.22. The molecular weight excluding hydrogens is 401 g/mol. The highest BCUT2D eigenvalue weighted by Crippen LogP contribution is 2.29. The molecule has 0 saturated heterocycles. The second kappa shape index (κ2) is 8.68. The Morgan fingerprint density at radius 3 is 2.60 bits per heavy atom. The summed E-state index contributed by atoms with van der Waals surface area (Å²) in [7, 11) is 0. The summed E-state index contributed by atoms with van der Waals surface area (Å²) in [4.78, 5) is 30.6. The number of anilines is 3. The number of carbonyl (C=O) groups is 1. The van der Waals surface area contributed by atoms with Gasteiger partial charge in [0, 0.05) is 18.1 Å². The van der Waals surface area contributed by atoms with Gasteiger partial charge >= 0.3 is 6.18 Å². The molecule has 2 aromatic heterocycles. The number of carbonyl (C=O) groups excluding carboxylic acids is 1. The Kier molecular flexibility index (Phi) is 6.05. The van der Waals surface area contributed by atoms with E-state index in [1.54, 1.807) is 24.3 Å². The predicted octanol–water partition coefficient (Wildman–Crippen LogP) is 4.18. The van der Waals surface area contributed by atoms with Crippen LogP contribution in [0.2, 0.25) is 0 Å². The first kappa shape index (κ1) is 20.9. The highest BCUT2D eigenvalue weighted by Gasteiger charge is 2.31. The average molecular weight is 418 g/mol. The van der Waals surface area contributed by atoms with Crippen LogP contribution in [0, 0.1) is 0 Å². The Morgan fingerprint density at radius 1 is 1.20 bits per heavy atom. The summed E-state index contributed by atoms with van der Waals surface area (Å²) in [5.74, 6) is 0.0507. The second-order valence-electron chi connectivity index (χ2n) is 6.06. The van der Waals surface area contributed by atoms with Crippen LogP contribution in [0.5, 0.6) is 5.75 Å². The van der Waals surface area contributed by atoms with Crippen molar-refractivity contribution in [1.82, 2.24) is 9.97 Å². The minimum Gasteiger partial charge on any atom is -0.494 e. The lowest BCUT2D eigenvalue weighted by molar-refractivity contribution is -0.137. The van der Waals surface area contributed by atoms with Crippen LogP contribution in [0.4, 0.5) is 30.4 Å². The molecule has 10 heteroatoms. The smallest absolute Gasteiger partial charge is 0.417 e. The number of hydrogen-bond donors (Lipinski definition) is 3. The standard InChI is InChI=1S/C20H17F3N4O3/c1-2-30-14-7-5-13(6-8-14)26-17-15(4-3-9-24-17)18(28)27-16-10-12(20(21,22)23)11-25-19(16)29/h3-11H,2H2,1H3,(H,24,26)(H,25,29)(H,27,28). The molecule has 156 valence electrons. The lowest BCUT2D eigenvalue weighted by atomic mass is 10.2. The monoisotopic (exact) mass is 418 g/mol. The van der Waals surface area contributed by atoms with E-state index in [4.69, 9.17) is 4.74 Å². The van der Waals surface area contributed by atoms with E-state index in [2.05, 4.69) is 15.6 Å². The van der Waals surface area contributed by atoms with Gasteiger partial charge in [-0.1, -0.05) is 0 Å². The number of ether oxygens (including phenoxy) is 1. The van der Waals surface area contributed by atoms with Crippen LogP contribution in [0.15, 0.2) is 59.7 Å². The van der Waals surface area contributed by atoms with Gasteiger partial charge in [0.05, 0.1) is 17.7 Å². The number of halogens is 3. The molecule has 1 aromatic carbocycles. The van der Waals surface area contributed by atoms with E-state index in [1.807, 2.05) is 11.9 Å². The third-order valence-electron chi connectivity index (χ3n) is 3.96. The van der Waals surface area contributed by atoms with Gasteiger partial charge in [0.25, 0.3) is 11.5 Å². The molecule has 1 amide bonds. The first-order chi connectivity index (χ1) is 14.3. The zero-order valence-electron chi connectivity index (χ0n) is 15.7. The minimum absolute atomic E-state index is 0.0446. The van der Waals surface area contributed by atoms with E-state index >= 15 is 0 Å². The van der Waals surface area contributed by atoms with Crippen LogP contribution < -0.4 is 20.9 Å². The van der Waals surface area contributed by atoms with Gasteiger partial charge in [0.1, 0.15) is 17.3 Å². The molecule has 3 N–H and O–H groups in total. The summed E-state index contributed by atoms with van der Waals surface area (Å²) in [6, 6.07) is 10.4. The van der Waals surface area contributed by atoms with Gasteiger partial charge in [0.2, 0.25) is 0 Å². The van der Waals surface area contributed by atoms with E-state index in [-0.39, 0.29) is 11.4 Å². The fourth-order valence-corrected chi connectivity index (χ4v) is 2.56. The van der Waals surface area contributed by atoms with E-state index in [0.29, 0.717) is 30.3 Å². The van der Waals surface area contributed by atoms with Gasteiger partial charge in [-0.2, -0.15) is 13.2 Å². The van der Waals surface area contributed by atoms with Gasteiger partial charge < -0.3 is 20.4 Å². The van der Waals surface area contributed by atoms with E-state index in [9.17, 15) is 22.8 Å². The molecule has 0 aliphatic heterocycles. The fourth-order valence-electron chi connectivity index (χ4n) is 2.56. The molecule has 3 rings (SSSR count). The van der Waals surface area contributed by atoms with Crippen LogP contribution in [-0.2, 0) is 6.18 Å². The Bertz CT molecular complexity index is 1100. The molecule has 3 aromatic rings. The molecular formula is C20H17F3N4O3. The fraction of sp³-hybridized carbons (Fsp3) is 0.150. The van der Waals surface area contributed by atoms with Crippen molar-refractivity contribution < 1.29 is 22.7 Å². The van der Waals surface area contributed by atoms with Gasteiger partial charge in [-0.05, 0) is 49.4 Å². The van der Waals surface area contributed by atoms with Gasteiger partial charge in [0.15, 0.2) is 0 Å². The molecule has 0 fully saturated rings. The van der Waals surface area contributed by atoms with Crippen LogP contribution in [0.3, 0.4) is 0 Å². The molecule has 2 heterocycles. The number of aromatic amines is 1. The maximum absolute atomic E-state index is 12.9. The van der Waals surface area contributed by atoms with Crippen molar-refractivity contribution in [2.75, 3.05) is 17.2 Å². The van der Waals surface area contributed by atoms with Crippen molar-refractivity contribution in [3.8, 4) is 5.75 Å². The number of alkyl halides is 3. The Hall–Kier alpha value is -3.82. The number of nitrogens with one attached hydrogen (secondary N) is 3. The summed E-state index contributed by atoms with van der Waals surface area (Å²) in [5, 5.41) is 5.17. The molecule has 0 spiro atoms. The number of pyridine rings is 2. The molecule has 0 radical (unpaired) electrons. The first-order valence-corrected chi connectivity index (χ1v) is 8.84. The van der Waals surface area contributed by atoms with Gasteiger partial charge in [-0.15, -0.1) is 0 Å². The summed E-state index contributed by atoms with van der Waals surface area (Å²) in [6.45, 7) is 2.38. The van der Waals surface area contributed by atoms with Crippen LogP contribution >= 0.6 is 0 Å². The number of aromatic nitrogens is 2. The number of benzene rings is 1. The van der Waals surface area contributed by atoms with E-state index in [0.717, 1.165) is 0 Å². The highest BCUT2D eigenvalue weighted by atomic mass is 19.4. The van der Waals surface area contributed by atoms with Crippen molar-refractivity contribution in [2.24, 2.45) is 0 Å². The van der Waals surface area contributed by atoms with Gasteiger partial charge in [-0.25, -0.2) is 4.98 Å². The molecule has 30 heavy (non-hydrogen) atoms. The molecule has 7 nitrogen and oxygen atoms in total. The molecule has 0 aliphatic carbocycles. The molecule has 0 aliphatic rings. The maximum atomic E-state index is 12.9. The number of rotatable bonds is 6. The summed E-state index contributed by atoms with van der Waals surface area (Å²) in [5.41, 5.74) is -1.81. The van der Waals surface area contributed by atoms with Crippen molar-refractivity contribution in [1.29, 1.82) is 0 Å². The molecule has 0 saturated carbocycles. The minimum atomic E-state index is -4.67. The third-order valence-corrected chi connectivity index (χ3v) is 3.96. The highest BCUT2D eigenvalue weighted by molar-refractivity contribution is 6.07. The first-order valence-electron chi connectivity index (χ1n) is 8.84. The number of hydrogen-bond acceptors (Lipinski definition) is 5. The van der Waals surface area contributed by atoms with Gasteiger partial charge in [-0.3, -0.25) is 9.59 Å². The van der Waals surface area contributed by atoms with E-state index in [1.165, 1.54) is 18.3 Å². The zero-order chi connectivity index (χ0) is 21.7. The normalized spacial score (nSPS) is 11.1. The largest absolute Gasteiger partial charge is 0.494 e. The second-order valence-corrected chi connectivity index (χ2v) is 6.06. The zero-order valence-corrected chi connectivity index (χ0v) is 15.7. The summed E-state index contributed by atoms with van der Waals surface area (Å²) >= 11 is 0. The maximum Gasteiger partial charge on any atom is 0.417 e. The van der Waals surface area contributed by atoms with Crippen molar-refractivity contribution in [2.45, 2.75) is 13.1 Å². The SMILES string of the molecule is CCOc1ccc(Nc2ncccc2C(=O)Nc2cc(C(F)(F)F)c[nH]c2=O)cc1. The van der Waals surface area contributed by atoms with Crippen LogP contribution in [0.1, 0.15) is 22.8 Å². The molecule has 0 atom stereocenters. The van der Waals surface area contributed by atoms with Crippen LogP contribution in [-0.4, -0.2) is 22.5 Å². The molecule has 0 bridgehead atoms. The predicted molar refractivity (Wildman–Crippen MR) is 105 cm³/mol. The number of H-pyrrole nitrogens is 1.